The van der Waals surface area contributed by atoms with Crippen molar-refractivity contribution in [1.82, 2.24) is 15.5 Å². The second-order valence-electron chi connectivity index (χ2n) is 5.28. The number of nitrogens with zero attached hydrogens (tertiary/aromatic N) is 1. The summed E-state index contributed by atoms with van der Waals surface area (Å²) in [7, 11) is 0. The lowest BCUT2D eigenvalue weighted by Gasteiger charge is -2.26. The van der Waals surface area contributed by atoms with E-state index in [-0.39, 0.29) is 6.54 Å². The van der Waals surface area contributed by atoms with Crippen LogP contribution in [0, 0.1) is 0 Å². The van der Waals surface area contributed by atoms with E-state index in [0.29, 0.717) is 12.8 Å². The molecule has 11 nitrogen and oxygen atoms in total. The Labute approximate surface area is 137 Å². The van der Waals surface area contributed by atoms with Crippen LogP contribution in [0.25, 0.3) is 0 Å². The molecule has 1 aliphatic heterocycles. The Morgan fingerprint density at radius 1 is 1.08 bits per heavy atom. The van der Waals surface area contributed by atoms with E-state index in [2.05, 4.69) is 10.6 Å². The first kappa shape index (κ1) is 19.4. The van der Waals surface area contributed by atoms with E-state index >= 15 is 0 Å². The fraction of sp³-hybridized carbons (Fsp3) is 0.615. The molecule has 6 N–H and O–H groups in total. The monoisotopic (exact) mass is 344 g/mol. The SMILES string of the molecule is NC(CC(=O)O)C(=O)N1CCCC1C(=O)NCC(=O)NCC(=O)O. The molecule has 1 heterocycles. The Bertz CT molecular complexity index is 536. The molecule has 0 radical (unpaired) electrons. The Morgan fingerprint density at radius 3 is 2.33 bits per heavy atom. The zero-order valence-corrected chi connectivity index (χ0v) is 12.9. The number of likely N-dealkylation sites (tertiary alicyclic amines) is 1. The predicted molar refractivity (Wildman–Crippen MR) is 78.6 cm³/mol. The molecular weight excluding hydrogens is 324 g/mol. The van der Waals surface area contributed by atoms with Crippen LogP contribution < -0.4 is 16.4 Å². The number of carboxylic acids is 2. The van der Waals surface area contributed by atoms with Gasteiger partial charge in [-0.25, -0.2) is 0 Å². The van der Waals surface area contributed by atoms with Crippen LogP contribution in [0.5, 0.6) is 0 Å². The van der Waals surface area contributed by atoms with Crippen molar-refractivity contribution in [2.24, 2.45) is 5.73 Å². The smallest absolute Gasteiger partial charge is 0.322 e. The highest BCUT2D eigenvalue weighted by Gasteiger charge is 2.36. The predicted octanol–water partition coefficient (Wildman–Crippen LogP) is -2.90. The number of aliphatic carboxylic acids is 2. The van der Waals surface area contributed by atoms with Crippen LogP contribution in [0.15, 0.2) is 0 Å². The number of carboxylic acid groups (broad SMARTS) is 2. The van der Waals surface area contributed by atoms with Crippen LogP contribution >= 0.6 is 0 Å². The molecule has 0 aromatic rings. The van der Waals surface area contributed by atoms with Gasteiger partial charge in [-0.1, -0.05) is 0 Å². The van der Waals surface area contributed by atoms with E-state index in [4.69, 9.17) is 15.9 Å². The van der Waals surface area contributed by atoms with Gasteiger partial charge in [0.1, 0.15) is 12.6 Å². The van der Waals surface area contributed by atoms with Gasteiger partial charge in [0.05, 0.1) is 19.0 Å². The summed E-state index contributed by atoms with van der Waals surface area (Å²) >= 11 is 0. The first-order valence-corrected chi connectivity index (χ1v) is 7.26. The van der Waals surface area contributed by atoms with E-state index in [0.717, 1.165) is 0 Å². The zero-order valence-electron chi connectivity index (χ0n) is 12.9. The number of nitrogens with one attached hydrogen (secondary N) is 2. The molecule has 1 rings (SSSR count). The van der Waals surface area contributed by atoms with Crippen LogP contribution in [0.3, 0.4) is 0 Å². The normalized spacial score (nSPS) is 17.9. The minimum atomic E-state index is -1.24. The highest BCUT2D eigenvalue weighted by molar-refractivity contribution is 5.93. The third-order valence-electron chi connectivity index (χ3n) is 3.41. The summed E-state index contributed by atoms with van der Waals surface area (Å²) in [5.74, 6) is -4.32. The van der Waals surface area contributed by atoms with Gasteiger partial charge in [0.2, 0.25) is 17.7 Å². The number of carbonyl (C=O) groups is 5. The molecule has 24 heavy (non-hydrogen) atoms. The van der Waals surface area contributed by atoms with Gasteiger partial charge in [0, 0.05) is 6.54 Å². The molecule has 1 saturated heterocycles. The Kier molecular flexibility index (Phi) is 7.11. The van der Waals surface area contributed by atoms with Crippen LogP contribution in [0.1, 0.15) is 19.3 Å². The molecule has 0 aliphatic carbocycles. The summed E-state index contributed by atoms with van der Waals surface area (Å²) in [6, 6.07) is -2.07. The number of hydrogen-bond donors (Lipinski definition) is 5. The summed E-state index contributed by atoms with van der Waals surface area (Å²) in [5, 5.41) is 21.5. The lowest BCUT2D eigenvalue weighted by atomic mass is 10.1. The van der Waals surface area contributed by atoms with Crippen molar-refractivity contribution in [3.05, 3.63) is 0 Å². The van der Waals surface area contributed by atoms with Crippen molar-refractivity contribution < 1.29 is 34.2 Å². The molecule has 134 valence electrons. The van der Waals surface area contributed by atoms with E-state index in [1.165, 1.54) is 4.90 Å². The minimum absolute atomic E-state index is 0.273. The Balaban J connectivity index is 2.53. The molecule has 0 aromatic carbocycles. The van der Waals surface area contributed by atoms with Crippen LogP contribution in [0.2, 0.25) is 0 Å². The average Bonchev–Trinajstić information content (AvgIpc) is 2.98. The molecule has 2 unspecified atom stereocenters. The molecule has 3 amide bonds. The van der Waals surface area contributed by atoms with Crippen molar-refractivity contribution in [3.8, 4) is 0 Å². The van der Waals surface area contributed by atoms with Gasteiger partial charge >= 0.3 is 11.9 Å². The summed E-state index contributed by atoms with van der Waals surface area (Å²) in [5.41, 5.74) is 5.53. The summed E-state index contributed by atoms with van der Waals surface area (Å²) in [6.07, 6.45) is 0.379. The summed E-state index contributed by atoms with van der Waals surface area (Å²) in [4.78, 5) is 57.7. The molecule has 0 spiro atoms. The number of carbonyl (C=O) groups excluding carboxylic acids is 3. The topological polar surface area (TPSA) is 179 Å². The molecule has 0 bridgehead atoms. The fourth-order valence-corrected chi connectivity index (χ4v) is 2.31. The first-order valence-electron chi connectivity index (χ1n) is 7.26. The summed E-state index contributed by atoms with van der Waals surface area (Å²) in [6.45, 7) is -0.714. The average molecular weight is 344 g/mol. The van der Waals surface area contributed by atoms with Gasteiger partial charge in [-0.15, -0.1) is 0 Å². The van der Waals surface area contributed by atoms with Gasteiger partial charge in [0.25, 0.3) is 0 Å². The van der Waals surface area contributed by atoms with Crippen molar-refractivity contribution in [2.75, 3.05) is 19.6 Å². The maximum absolute atomic E-state index is 12.1. The Morgan fingerprint density at radius 2 is 1.75 bits per heavy atom. The lowest BCUT2D eigenvalue weighted by Crippen LogP contribution is -2.52. The molecule has 0 saturated carbocycles. The first-order chi connectivity index (χ1) is 11.2. The van der Waals surface area contributed by atoms with E-state index in [1.54, 1.807) is 0 Å². The second-order valence-corrected chi connectivity index (χ2v) is 5.28. The quantitative estimate of drug-likeness (QED) is 0.311. The minimum Gasteiger partial charge on any atom is -0.481 e. The largest absolute Gasteiger partial charge is 0.481 e. The molecule has 11 heteroatoms. The second kappa shape index (κ2) is 8.82. The Hall–Kier alpha value is -2.69. The third kappa shape index (κ3) is 5.83. The summed E-state index contributed by atoms with van der Waals surface area (Å²) < 4.78 is 0. The van der Waals surface area contributed by atoms with E-state index in [1.807, 2.05) is 0 Å². The van der Waals surface area contributed by atoms with Gasteiger partial charge in [0.15, 0.2) is 0 Å². The highest BCUT2D eigenvalue weighted by Crippen LogP contribution is 2.18. The maximum Gasteiger partial charge on any atom is 0.322 e. The van der Waals surface area contributed by atoms with Crippen LogP contribution in [-0.2, 0) is 24.0 Å². The number of hydrogen-bond acceptors (Lipinski definition) is 6. The van der Waals surface area contributed by atoms with Crippen molar-refractivity contribution in [3.63, 3.8) is 0 Å². The van der Waals surface area contributed by atoms with Gasteiger partial charge in [-0.2, -0.15) is 0 Å². The van der Waals surface area contributed by atoms with Crippen LogP contribution in [-0.4, -0.2) is 76.5 Å². The van der Waals surface area contributed by atoms with E-state index < -0.39 is 61.3 Å². The van der Waals surface area contributed by atoms with Crippen molar-refractivity contribution >= 4 is 29.7 Å². The molecule has 2 atom stereocenters. The number of amides is 3. The molecule has 0 aromatic heterocycles. The zero-order chi connectivity index (χ0) is 18.3. The maximum atomic E-state index is 12.1. The molecular formula is C13H20N4O7. The third-order valence-corrected chi connectivity index (χ3v) is 3.41. The van der Waals surface area contributed by atoms with E-state index in [9.17, 15) is 24.0 Å². The standard InChI is InChI=1S/C13H20N4O7/c14-7(4-10(19)20)13(24)17-3-1-2-8(17)12(23)16-5-9(18)15-6-11(21)22/h7-8H,1-6,14H2,(H,15,18)(H,16,23)(H,19,20)(H,21,22). The highest BCUT2D eigenvalue weighted by atomic mass is 16.4. The molecule has 1 fully saturated rings. The number of rotatable bonds is 8. The van der Waals surface area contributed by atoms with Gasteiger partial charge < -0.3 is 31.5 Å². The van der Waals surface area contributed by atoms with Gasteiger partial charge in [-0.3, -0.25) is 24.0 Å². The van der Waals surface area contributed by atoms with Crippen molar-refractivity contribution in [2.45, 2.75) is 31.3 Å². The molecule has 1 aliphatic rings. The van der Waals surface area contributed by atoms with Crippen LogP contribution in [0.4, 0.5) is 0 Å². The fourth-order valence-electron chi connectivity index (χ4n) is 2.31. The van der Waals surface area contributed by atoms with Gasteiger partial charge in [-0.05, 0) is 12.8 Å². The van der Waals surface area contributed by atoms with Crippen molar-refractivity contribution in [1.29, 1.82) is 0 Å². The number of nitrogens with two attached hydrogens (primary N) is 1. The lowest BCUT2D eigenvalue weighted by molar-refractivity contribution is -0.144.